The fourth-order valence-corrected chi connectivity index (χ4v) is 3.35. The van der Waals surface area contributed by atoms with E-state index in [4.69, 9.17) is 4.98 Å². The van der Waals surface area contributed by atoms with Crippen LogP contribution in [0.25, 0.3) is 10.9 Å². The van der Waals surface area contributed by atoms with Gasteiger partial charge in [0.05, 0.1) is 11.1 Å². The first-order chi connectivity index (χ1) is 11.0. The predicted molar refractivity (Wildman–Crippen MR) is 94.7 cm³/mol. The van der Waals surface area contributed by atoms with E-state index >= 15 is 0 Å². The molecule has 1 heterocycles. The number of fused-ring (bicyclic) bond motifs is 1. The van der Waals surface area contributed by atoms with Crippen LogP contribution in [-0.4, -0.2) is 16.9 Å². The molecule has 23 heavy (non-hydrogen) atoms. The molecule has 2 aromatic rings. The zero-order valence-electron chi connectivity index (χ0n) is 14.3. The highest BCUT2D eigenvalue weighted by Gasteiger charge is 2.22. The summed E-state index contributed by atoms with van der Waals surface area (Å²) in [6, 6.07) is 10.2. The van der Waals surface area contributed by atoms with Crippen LogP contribution in [0.4, 0.5) is 0 Å². The quantitative estimate of drug-likeness (QED) is 0.895. The number of rotatable bonds is 3. The lowest BCUT2D eigenvalue weighted by Gasteiger charge is -2.27. The molecule has 0 unspecified atom stereocenters. The van der Waals surface area contributed by atoms with E-state index in [2.05, 4.69) is 26.1 Å². The Morgan fingerprint density at radius 3 is 2.57 bits per heavy atom. The molecule has 0 spiro atoms. The van der Waals surface area contributed by atoms with Crippen molar-refractivity contribution < 1.29 is 4.79 Å². The van der Waals surface area contributed by atoms with Crippen molar-refractivity contribution in [2.75, 3.05) is 0 Å². The van der Waals surface area contributed by atoms with Gasteiger partial charge in [0.2, 0.25) is 0 Å². The number of nitrogens with zero attached hydrogens (tertiary/aromatic N) is 1. The molecule has 1 aliphatic carbocycles. The average molecular weight is 310 g/mol. The maximum absolute atomic E-state index is 12.8. The predicted octanol–water partition coefficient (Wildman–Crippen LogP) is 4.67. The second-order valence-electron chi connectivity index (χ2n) is 7.20. The van der Waals surface area contributed by atoms with Crippen molar-refractivity contribution in [3.63, 3.8) is 0 Å². The second kappa shape index (κ2) is 6.69. The molecule has 1 N–H and O–H groups in total. The van der Waals surface area contributed by atoms with E-state index in [9.17, 15) is 4.79 Å². The molecule has 0 saturated heterocycles. The van der Waals surface area contributed by atoms with Crippen LogP contribution in [-0.2, 0) is 0 Å². The molecule has 1 saturated carbocycles. The molecular weight excluding hydrogens is 284 g/mol. The lowest BCUT2D eigenvalue weighted by molar-refractivity contribution is 0.0924. The maximum Gasteiger partial charge on any atom is 0.252 e. The van der Waals surface area contributed by atoms with Crippen LogP contribution in [0.15, 0.2) is 30.3 Å². The highest BCUT2D eigenvalue weighted by molar-refractivity contribution is 6.06. The van der Waals surface area contributed by atoms with E-state index in [0.29, 0.717) is 12.0 Å². The van der Waals surface area contributed by atoms with Gasteiger partial charge in [-0.1, -0.05) is 39.0 Å². The number of para-hydroxylation sites is 1. The number of nitrogens with one attached hydrogen (secondary N) is 1. The van der Waals surface area contributed by atoms with Gasteiger partial charge in [0.25, 0.3) is 5.91 Å². The zero-order valence-corrected chi connectivity index (χ0v) is 14.3. The van der Waals surface area contributed by atoms with Crippen LogP contribution in [0.1, 0.15) is 68.4 Å². The third kappa shape index (κ3) is 3.54. The Labute approximate surface area is 138 Å². The van der Waals surface area contributed by atoms with Crippen molar-refractivity contribution in [2.24, 2.45) is 5.92 Å². The molecule has 1 fully saturated rings. The first-order valence-corrected chi connectivity index (χ1v) is 8.75. The Kier molecular flexibility index (Phi) is 4.65. The molecule has 3 heteroatoms. The molecule has 0 atom stereocenters. The Hall–Kier alpha value is -1.90. The molecule has 1 aromatic heterocycles. The van der Waals surface area contributed by atoms with Gasteiger partial charge in [-0.05, 0) is 49.7 Å². The number of pyridine rings is 1. The Morgan fingerprint density at radius 1 is 1.17 bits per heavy atom. The summed E-state index contributed by atoms with van der Waals surface area (Å²) < 4.78 is 0. The van der Waals surface area contributed by atoms with Crippen LogP contribution < -0.4 is 5.32 Å². The Bertz CT molecular complexity index is 700. The minimum atomic E-state index is 0.0463. The number of hydrogen-bond donors (Lipinski definition) is 1. The van der Waals surface area contributed by atoms with Gasteiger partial charge in [-0.25, -0.2) is 0 Å². The number of benzene rings is 1. The smallest absolute Gasteiger partial charge is 0.252 e. The topological polar surface area (TPSA) is 42.0 Å². The van der Waals surface area contributed by atoms with E-state index in [1.807, 2.05) is 30.3 Å². The lowest BCUT2D eigenvalue weighted by atomic mass is 9.87. The van der Waals surface area contributed by atoms with Crippen molar-refractivity contribution in [1.82, 2.24) is 10.3 Å². The van der Waals surface area contributed by atoms with Crippen LogP contribution in [0.5, 0.6) is 0 Å². The summed E-state index contributed by atoms with van der Waals surface area (Å²) in [5.41, 5.74) is 2.64. The van der Waals surface area contributed by atoms with Crippen LogP contribution in [0.3, 0.4) is 0 Å². The van der Waals surface area contributed by atoms with Crippen molar-refractivity contribution in [2.45, 2.75) is 58.4 Å². The van der Waals surface area contributed by atoms with Gasteiger partial charge < -0.3 is 5.32 Å². The summed E-state index contributed by atoms with van der Waals surface area (Å²) in [5, 5.41) is 4.19. The molecule has 3 nitrogen and oxygen atoms in total. The van der Waals surface area contributed by atoms with Crippen molar-refractivity contribution in [3.8, 4) is 0 Å². The number of amides is 1. The molecular formula is C20H26N2O. The number of carbonyl (C=O) groups excluding carboxylic acids is 1. The molecule has 1 aliphatic rings. The van der Waals surface area contributed by atoms with Gasteiger partial charge in [-0.2, -0.15) is 0 Å². The first kappa shape index (κ1) is 16.0. The molecule has 1 amide bonds. The number of aromatic nitrogens is 1. The van der Waals surface area contributed by atoms with Crippen molar-refractivity contribution in [1.29, 1.82) is 0 Å². The SMILES string of the molecule is CC1CCC(NC(=O)c2cc(C(C)C)nc3ccccc23)CC1. The fraction of sp³-hybridized carbons (Fsp3) is 0.500. The van der Waals surface area contributed by atoms with Crippen LogP contribution >= 0.6 is 0 Å². The van der Waals surface area contributed by atoms with Gasteiger partial charge in [0.1, 0.15) is 0 Å². The summed E-state index contributed by atoms with van der Waals surface area (Å²) in [4.78, 5) is 17.5. The summed E-state index contributed by atoms with van der Waals surface area (Å²) in [7, 11) is 0. The molecule has 0 radical (unpaired) electrons. The van der Waals surface area contributed by atoms with Crippen molar-refractivity contribution >= 4 is 16.8 Å². The molecule has 122 valence electrons. The van der Waals surface area contributed by atoms with Crippen molar-refractivity contribution in [3.05, 3.63) is 41.6 Å². The average Bonchev–Trinajstić information content (AvgIpc) is 2.55. The highest BCUT2D eigenvalue weighted by atomic mass is 16.1. The Morgan fingerprint density at radius 2 is 1.87 bits per heavy atom. The lowest BCUT2D eigenvalue weighted by Crippen LogP contribution is -2.37. The normalized spacial score (nSPS) is 21.6. The van der Waals surface area contributed by atoms with Gasteiger partial charge in [0.15, 0.2) is 0 Å². The van der Waals surface area contributed by atoms with Gasteiger partial charge in [-0.3, -0.25) is 9.78 Å². The minimum absolute atomic E-state index is 0.0463. The van der Waals surface area contributed by atoms with Gasteiger partial charge in [-0.15, -0.1) is 0 Å². The third-order valence-corrected chi connectivity index (χ3v) is 4.92. The zero-order chi connectivity index (χ0) is 16.4. The third-order valence-electron chi connectivity index (χ3n) is 4.92. The van der Waals surface area contributed by atoms with Crippen LogP contribution in [0.2, 0.25) is 0 Å². The molecule has 0 bridgehead atoms. The van der Waals surface area contributed by atoms with E-state index in [-0.39, 0.29) is 5.91 Å². The first-order valence-electron chi connectivity index (χ1n) is 8.75. The van der Waals surface area contributed by atoms with Gasteiger partial charge in [0, 0.05) is 17.1 Å². The largest absolute Gasteiger partial charge is 0.349 e. The van der Waals surface area contributed by atoms with Crippen LogP contribution in [0, 0.1) is 5.92 Å². The summed E-state index contributed by atoms with van der Waals surface area (Å²) in [6.07, 6.45) is 4.60. The summed E-state index contributed by atoms with van der Waals surface area (Å²) in [5.74, 6) is 1.14. The summed E-state index contributed by atoms with van der Waals surface area (Å²) in [6.45, 7) is 6.52. The highest BCUT2D eigenvalue weighted by Crippen LogP contribution is 2.25. The van der Waals surface area contributed by atoms with E-state index in [1.54, 1.807) is 0 Å². The molecule has 3 rings (SSSR count). The Balaban J connectivity index is 1.89. The second-order valence-corrected chi connectivity index (χ2v) is 7.20. The van der Waals surface area contributed by atoms with E-state index < -0.39 is 0 Å². The maximum atomic E-state index is 12.8. The van der Waals surface area contributed by atoms with E-state index in [1.165, 1.54) is 12.8 Å². The minimum Gasteiger partial charge on any atom is -0.349 e. The van der Waals surface area contributed by atoms with Gasteiger partial charge >= 0.3 is 0 Å². The van der Waals surface area contributed by atoms with E-state index in [0.717, 1.165) is 40.9 Å². The number of hydrogen-bond acceptors (Lipinski definition) is 2. The fourth-order valence-electron chi connectivity index (χ4n) is 3.35. The number of carbonyl (C=O) groups is 1. The molecule has 0 aliphatic heterocycles. The molecule has 1 aromatic carbocycles. The standard InChI is InChI=1S/C20H26N2O/c1-13(2)19-12-17(16-6-4-5-7-18(16)22-19)20(23)21-15-10-8-14(3)9-11-15/h4-7,12-15H,8-11H2,1-3H3,(H,21,23). The summed E-state index contributed by atoms with van der Waals surface area (Å²) >= 11 is 0. The monoisotopic (exact) mass is 310 g/mol.